The van der Waals surface area contributed by atoms with Crippen LogP contribution in [-0.2, 0) is 13.0 Å². The molecule has 0 atom stereocenters. The van der Waals surface area contributed by atoms with Crippen molar-refractivity contribution in [2.45, 2.75) is 19.9 Å². The number of nitrogens with two attached hydrogens (primary N) is 1. The van der Waals surface area contributed by atoms with Crippen LogP contribution in [0.3, 0.4) is 0 Å². The van der Waals surface area contributed by atoms with Gasteiger partial charge in [-0.2, -0.15) is 5.26 Å². The lowest BCUT2D eigenvalue weighted by Gasteiger charge is -2.31. The molecular weight excluding hydrogens is 242 g/mol. The van der Waals surface area contributed by atoms with E-state index in [-0.39, 0.29) is 4.99 Å². The number of benzene rings is 1. The maximum atomic E-state index is 9.09. The molecule has 0 saturated heterocycles. The highest BCUT2D eigenvalue weighted by Crippen LogP contribution is 2.22. The van der Waals surface area contributed by atoms with Crippen molar-refractivity contribution < 1.29 is 0 Å². The van der Waals surface area contributed by atoms with Gasteiger partial charge < -0.3 is 10.6 Å². The molecule has 0 radical (unpaired) electrons. The maximum absolute atomic E-state index is 9.09. The number of hydrogen-bond acceptors (Lipinski definition) is 3. The summed E-state index contributed by atoms with van der Waals surface area (Å²) >= 11 is 4.91. The topological polar surface area (TPSA) is 53.1 Å². The monoisotopic (exact) mass is 257 g/mol. The van der Waals surface area contributed by atoms with Gasteiger partial charge in [-0.1, -0.05) is 36.5 Å². The molecule has 3 nitrogen and oxygen atoms in total. The van der Waals surface area contributed by atoms with E-state index in [9.17, 15) is 0 Å². The van der Waals surface area contributed by atoms with Crippen LogP contribution < -0.4 is 5.73 Å². The first-order valence-corrected chi connectivity index (χ1v) is 6.27. The Hall–Kier alpha value is -1.86. The molecule has 0 saturated carbocycles. The van der Waals surface area contributed by atoms with E-state index in [2.05, 4.69) is 29.2 Å². The second-order valence-electron chi connectivity index (χ2n) is 4.38. The number of nitriles is 1. The van der Waals surface area contributed by atoms with Crippen molar-refractivity contribution in [3.63, 3.8) is 0 Å². The van der Waals surface area contributed by atoms with Crippen molar-refractivity contribution in [2.75, 3.05) is 6.54 Å². The Balaban J connectivity index is 2.29. The van der Waals surface area contributed by atoms with Crippen molar-refractivity contribution in [1.82, 2.24) is 4.90 Å². The normalized spacial score (nSPS) is 15.4. The first-order valence-electron chi connectivity index (χ1n) is 5.86. The zero-order chi connectivity index (χ0) is 13.1. The van der Waals surface area contributed by atoms with Gasteiger partial charge in [-0.3, -0.25) is 0 Å². The molecular formula is C14H15N3S. The lowest BCUT2D eigenvalue weighted by atomic mass is 9.99. The second-order valence-corrected chi connectivity index (χ2v) is 4.82. The number of hydrogen-bond donors (Lipinski definition) is 1. The van der Waals surface area contributed by atoms with E-state index in [4.69, 9.17) is 23.2 Å². The predicted molar refractivity (Wildman–Crippen MR) is 75.7 cm³/mol. The largest absolute Gasteiger partial charge is 0.389 e. The van der Waals surface area contributed by atoms with Crippen molar-refractivity contribution in [3.8, 4) is 6.07 Å². The molecule has 92 valence electrons. The number of fused-ring (bicyclic) bond motifs is 1. The molecule has 1 aromatic carbocycles. The average Bonchev–Trinajstić information content (AvgIpc) is 2.38. The fraction of sp³-hybridized carbons (Fsp3) is 0.286. The SMILES string of the molecule is C/C(=C(\C#N)C(N)=S)N1CCc2ccccc2C1. The third-order valence-electron chi connectivity index (χ3n) is 3.32. The lowest BCUT2D eigenvalue weighted by molar-refractivity contribution is 0.322. The Labute approximate surface area is 113 Å². The first-order chi connectivity index (χ1) is 8.63. The Kier molecular flexibility index (Phi) is 3.63. The fourth-order valence-corrected chi connectivity index (χ4v) is 2.45. The van der Waals surface area contributed by atoms with Crippen molar-refractivity contribution >= 4 is 17.2 Å². The Bertz CT molecular complexity index is 554. The third-order valence-corrected chi connectivity index (χ3v) is 3.53. The van der Waals surface area contributed by atoms with Gasteiger partial charge in [0, 0.05) is 18.8 Å². The van der Waals surface area contributed by atoms with Crippen LogP contribution in [0.25, 0.3) is 0 Å². The van der Waals surface area contributed by atoms with Gasteiger partial charge >= 0.3 is 0 Å². The molecule has 1 aromatic rings. The van der Waals surface area contributed by atoms with Gasteiger partial charge in [0.1, 0.15) is 16.6 Å². The minimum absolute atomic E-state index is 0.175. The van der Waals surface area contributed by atoms with Crippen LogP contribution in [0.15, 0.2) is 35.5 Å². The van der Waals surface area contributed by atoms with Crippen LogP contribution in [0.1, 0.15) is 18.1 Å². The van der Waals surface area contributed by atoms with E-state index in [1.165, 1.54) is 11.1 Å². The van der Waals surface area contributed by atoms with Crippen LogP contribution >= 0.6 is 12.2 Å². The summed E-state index contributed by atoms with van der Waals surface area (Å²) in [5, 5.41) is 9.09. The molecule has 1 heterocycles. The second kappa shape index (κ2) is 5.19. The van der Waals surface area contributed by atoms with E-state index in [0.717, 1.165) is 25.2 Å². The molecule has 0 bridgehead atoms. The van der Waals surface area contributed by atoms with Crippen molar-refractivity contribution in [1.29, 1.82) is 5.26 Å². The van der Waals surface area contributed by atoms with Crippen LogP contribution in [0, 0.1) is 11.3 Å². The van der Waals surface area contributed by atoms with Gasteiger partial charge in [0.25, 0.3) is 0 Å². The zero-order valence-corrected chi connectivity index (χ0v) is 11.1. The molecule has 0 unspecified atom stereocenters. The molecule has 18 heavy (non-hydrogen) atoms. The molecule has 0 spiro atoms. The Morgan fingerprint density at radius 1 is 1.39 bits per heavy atom. The third kappa shape index (κ3) is 2.36. The summed E-state index contributed by atoms with van der Waals surface area (Å²) < 4.78 is 0. The van der Waals surface area contributed by atoms with Gasteiger partial charge in [0.15, 0.2) is 0 Å². The molecule has 0 aliphatic carbocycles. The molecule has 2 N–H and O–H groups in total. The Morgan fingerprint density at radius 3 is 2.67 bits per heavy atom. The first kappa shape index (κ1) is 12.6. The van der Waals surface area contributed by atoms with Crippen LogP contribution in [0.4, 0.5) is 0 Å². The highest BCUT2D eigenvalue weighted by atomic mass is 32.1. The minimum Gasteiger partial charge on any atom is -0.389 e. The molecule has 1 aliphatic rings. The fourth-order valence-electron chi connectivity index (χ4n) is 2.25. The van der Waals surface area contributed by atoms with Crippen LogP contribution in [-0.4, -0.2) is 16.4 Å². The van der Waals surface area contributed by atoms with E-state index in [1.54, 1.807) is 0 Å². The standard InChI is InChI=1S/C14H15N3S/c1-10(13(8-15)14(16)18)17-7-6-11-4-2-3-5-12(11)9-17/h2-5H,6-7,9H2,1H3,(H2,16,18)/b13-10-. The smallest absolute Gasteiger partial charge is 0.116 e. The summed E-state index contributed by atoms with van der Waals surface area (Å²) in [6, 6.07) is 10.5. The van der Waals surface area contributed by atoms with Crippen LogP contribution in [0.2, 0.25) is 0 Å². The number of rotatable bonds is 2. The van der Waals surface area contributed by atoms with Crippen LogP contribution in [0.5, 0.6) is 0 Å². The number of nitrogens with zero attached hydrogens (tertiary/aromatic N) is 2. The summed E-state index contributed by atoms with van der Waals surface area (Å²) in [6.45, 7) is 3.62. The molecule has 1 aliphatic heterocycles. The summed E-state index contributed by atoms with van der Waals surface area (Å²) in [4.78, 5) is 2.34. The average molecular weight is 257 g/mol. The predicted octanol–water partition coefficient (Wildman–Crippen LogP) is 2.13. The van der Waals surface area contributed by atoms with Crippen molar-refractivity contribution in [2.24, 2.45) is 5.73 Å². The van der Waals surface area contributed by atoms with Crippen molar-refractivity contribution in [3.05, 3.63) is 46.7 Å². The highest BCUT2D eigenvalue weighted by Gasteiger charge is 2.18. The lowest BCUT2D eigenvalue weighted by Crippen LogP contribution is -2.31. The molecule has 2 rings (SSSR count). The summed E-state index contributed by atoms with van der Waals surface area (Å²) in [7, 11) is 0. The summed E-state index contributed by atoms with van der Waals surface area (Å²) in [6.07, 6.45) is 0.990. The number of thiocarbonyl (C=S) groups is 1. The summed E-state index contributed by atoms with van der Waals surface area (Å²) in [5.41, 5.74) is 9.56. The van der Waals surface area contributed by atoms with Gasteiger partial charge in [-0.15, -0.1) is 0 Å². The summed E-state index contributed by atoms with van der Waals surface area (Å²) in [5.74, 6) is 0. The minimum atomic E-state index is 0.175. The van der Waals surface area contributed by atoms with Gasteiger partial charge in [-0.05, 0) is 24.5 Å². The quantitative estimate of drug-likeness (QED) is 0.501. The van der Waals surface area contributed by atoms with E-state index in [0.29, 0.717) is 5.57 Å². The molecule has 0 amide bonds. The van der Waals surface area contributed by atoms with E-state index in [1.807, 2.05) is 13.0 Å². The molecule has 0 fully saturated rings. The zero-order valence-electron chi connectivity index (χ0n) is 10.3. The maximum Gasteiger partial charge on any atom is 0.116 e. The van der Waals surface area contributed by atoms with Gasteiger partial charge in [-0.25, -0.2) is 0 Å². The number of allylic oxidation sites excluding steroid dienone is 1. The van der Waals surface area contributed by atoms with E-state index >= 15 is 0 Å². The molecule has 4 heteroatoms. The van der Waals surface area contributed by atoms with E-state index < -0.39 is 0 Å². The highest BCUT2D eigenvalue weighted by molar-refractivity contribution is 7.80. The van der Waals surface area contributed by atoms with Gasteiger partial charge in [0.2, 0.25) is 0 Å². The molecule has 0 aromatic heterocycles. The Morgan fingerprint density at radius 2 is 2.06 bits per heavy atom. The van der Waals surface area contributed by atoms with Gasteiger partial charge in [0.05, 0.1) is 0 Å².